The van der Waals surface area contributed by atoms with Gasteiger partial charge in [-0.15, -0.1) is 10.2 Å². The molecule has 1 aliphatic carbocycles. The summed E-state index contributed by atoms with van der Waals surface area (Å²) in [6.07, 6.45) is 2.65. The van der Waals surface area contributed by atoms with Crippen molar-refractivity contribution in [3.05, 3.63) is 108 Å². The van der Waals surface area contributed by atoms with Gasteiger partial charge in [0.15, 0.2) is 5.78 Å². The molecule has 0 bridgehead atoms. The summed E-state index contributed by atoms with van der Waals surface area (Å²) in [5.74, 6) is -2.16. The van der Waals surface area contributed by atoms with Gasteiger partial charge in [0.2, 0.25) is 0 Å². The minimum Gasteiger partial charge on any atom is -0.744 e. The number of nitrogens with zero attached hydrogens (tertiary/aromatic N) is 5. The number of anilines is 3. The molecule has 0 amide bonds. The topological polar surface area (TPSA) is 240 Å². The van der Waals surface area contributed by atoms with Gasteiger partial charge in [-0.3, -0.25) is 10.2 Å². The quantitative estimate of drug-likeness (QED) is 0.0387. The number of allylic oxidation sites excluding steroid dienone is 3. The number of rotatable bonds is 9. The normalized spacial score (nSPS) is 13.8. The zero-order valence-electron chi connectivity index (χ0n) is 27.4. The van der Waals surface area contributed by atoms with Crippen LogP contribution in [0.4, 0.5) is 39.8 Å². The van der Waals surface area contributed by atoms with Crippen LogP contribution in [0.1, 0.15) is 12.5 Å². The van der Waals surface area contributed by atoms with Gasteiger partial charge >= 0.3 is 59.1 Å². The van der Waals surface area contributed by atoms with E-state index in [0.717, 1.165) is 29.3 Å². The van der Waals surface area contributed by atoms with Crippen LogP contribution in [0.5, 0.6) is 0 Å². The fourth-order valence-electron chi connectivity index (χ4n) is 4.46. The van der Waals surface area contributed by atoms with Gasteiger partial charge in [-0.2, -0.15) is 15.3 Å². The van der Waals surface area contributed by atoms with Crippen LogP contribution in [0, 0.1) is 6.92 Å². The second-order valence-corrected chi connectivity index (χ2v) is 11.9. The molecule has 17 heteroatoms. The molecule has 0 aliphatic heterocycles. The molecule has 14 nitrogen and oxygen atoms in total. The Labute approximate surface area is 331 Å². The molecule has 0 unspecified atom stereocenters. The maximum absolute atomic E-state index is 11.9. The minimum absolute atomic E-state index is 0. The van der Waals surface area contributed by atoms with Gasteiger partial charge in [0.25, 0.3) is 0 Å². The van der Waals surface area contributed by atoms with E-state index in [1.165, 1.54) is 25.1 Å². The van der Waals surface area contributed by atoms with E-state index in [2.05, 4.69) is 31.0 Å². The van der Waals surface area contributed by atoms with Crippen molar-refractivity contribution in [2.24, 2.45) is 25.6 Å². The van der Waals surface area contributed by atoms with E-state index in [1.54, 1.807) is 37.3 Å². The number of carbonyl (C=O) groups excluding carboxylic acids is 2. The van der Waals surface area contributed by atoms with Crippen molar-refractivity contribution in [3.63, 3.8) is 0 Å². The molecule has 5 N–H and O–H groups in total. The number of hydrazone groups is 1. The third kappa shape index (κ3) is 9.68. The maximum Gasteiger partial charge on any atom is 1.00 e. The Morgan fingerprint density at radius 3 is 1.86 bits per heavy atom. The Bertz CT molecular complexity index is 2200. The summed E-state index contributed by atoms with van der Waals surface area (Å²) in [7, 11) is -4.58. The van der Waals surface area contributed by atoms with Gasteiger partial charge in [-0.05, 0) is 103 Å². The largest absolute Gasteiger partial charge is 1.00 e. The molecule has 0 saturated heterocycles. The fourth-order valence-corrected chi connectivity index (χ4v) is 4.93. The van der Waals surface area contributed by atoms with Crippen molar-refractivity contribution in [1.29, 1.82) is 0 Å². The number of benzene rings is 4. The van der Waals surface area contributed by atoms with E-state index in [1.807, 2.05) is 24.3 Å². The summed E-state index contributed by atoms with van der Waals surface area (Å²) in [5.41, 5.74) is 20.3. The molecule has 50 heavy (non-hydrogen) atoms. The number of nitrogen functional groups attached to an aromatic ring is 2. The molecule has 0 saturated carbocycles. The molecule has 0 heterocycles. The van der Waals surface area contributed by atoms with E-state index in [-0.39, 0.29) is 92.4 Å². The van der Waals surface area contributed by atoms with Gasteiger partial charge in [0.1, 0.15) is 21.5 Å². The number of azo groups is 2. The summed E-state index contributed by atoms with van der Waals surface area (Å²) in [4.78, 5) is 22.8. The third-order valence-corrected chi connectivity index (χ3v) is 7.96. The Kier molecular flexibility index (Phi) is 13.7. The van der Waals surface area contributed by atoms with Crippen molar-refractivity contribution < 1.29 is 86.8 Å². The average Bonchev–Trinajstić information content (AvgIpc) is 3.06. The predicted octanol–water partition coefficient (Wildman–Crippen LogP) is -0.457. The van der Waals surface area contributed by atoms with Gasteiger partial charge in [0.05, 0.1) is 45.0 Å². The monoisotopic (exact) mass is 708 g/mol. The number of ketones is 1. The third-order valence-electron chi connectivity index (χ3n) is 7.11. The van der Waals surface area contributed by atoms with Crippen molar-refractivity contribution in [2.75, 3.05) is 16.9 Å². The number of carbonyl (C=O) groups is 2. The molecule has 0 fully saturated rings. The van der Waals surface area contributed by atoms with Gasteiger partial charge in [-0.25, -0.2) is 8.42 Å². The van der Waals surface area contributed by atoms with Crippen LogP contribution in [0.15, 0.2) is 133 Å². The number of hydrogen-bond donors (Lipinski definition) is 3. The maximum atomic E-state index is 11.9. The first-order valence-corrected chi connectivity index (χ1v) is 15.5. The fraction of sp³-hybridized carbons (Fsp3) is 0.0606. The van der Waals surface area contributed by atoms with Gasteiger partial charge in [-0.1, -0.05) is 24.3 Å². The Morgan fingerprint density at radius 1 is 0.760 bits per heavy atom. The van der Waals surface area contributed by atoms with Crippen molar-refractivity contribution in [3.8, 4) is 11.1 Å². The molecule has 4 aromatic rings. The number of carboxylic acid groups (broad SMARTS) is 1. The number of aryl methyl sites for hydroxylation is 1. The zero-order valence-corrected chi connectivity index (χ0v) is 32.2. The van der Waals surface area contributed by atoms with Crippen LogP contribution in [-0.4, -0.2) is 30.4 Å². The summed E-state index contributed by atoms with van der Waals surface area (Å²) in [6, 6.07) is 21.2. The zero-order chi connectivity index (χ0) is 34.6. The van der Waals surface area contributed by atoms with E-state index in [9.17, 15) is 27.7 Å². The molecule has 5 rings (SSSR count). The number of nitrogens with one attached hydrogen (secondary N) is 1. The average molecular weight is 709 g/mol. The first-order chi connectivity index (χ1) is 22.8. The Morgan fingerprint density at radius 2 is 1.30 bits per heavy atom. The van der Waals surface area contributed by atoms with E-state index >= 15 is 0 Å². The van der Waals surface area contributed by atoms with Crippen LogP contribution >= 0.6 is 0 Å². The minimum atomic E-state index is -4.58. The molecule has 4 aromatic carbocycles. The molecule has 1 aliphatic rings. The standard InChI is InChI=1S/C33H28N8O6S.2Na/c1-18-16-28(40-37-24-11-13-26(14-12-24)48(45,46)47)30(35)31(29(18)34)41-38-23-9-5-21(6-10-23)20-3-7-22(8-4-20)36-39-25-15-19(2)32(42)27(17-25)33(43)44;;/h3-17,36H,34-35H2,1-2H3,(H,43,44)(H,45,46,47);;/q;2*+1/p-2. The van der Waals surface area contributed by atoms with Crippen LogP contribution in [0.2, 0.25) is 0 Å². The number of hydrogen-bond acceptors (Lipinski definition) is 14. The van der Waals surface area contributed by atoms with Crippen LogP contribution < -0.4 is 81.1 Å². The number of carboxylic acids is 1. The van der Waals surface area contributed by atoms with E-state index in [4.69, 9.17) is 11.5 Å². The first-order valence-electron chi connectivity index (χ1n) is 14.1. The van der Waals surface area contributed by atoms with Crippen molar-refractivity contribution in [1.82, 2.24) is 0 Å². The molecule has 0 aromatic heterocycles. The van der Waals surface area contributed by atoms with Gasteiger partial charge in [0, 0.05) is 5.57 Å². The number of Topliss-reactive ketones (excluding diaryl/α,β-unsaturated/α-hetero) is 1. The second-order valence-electron chi connectivity index (χ2n) is 10.5. The molecule has 0 spiro atoms. The summed E-state index contributed by atoms with van der Waals surface area (Å²) in [5, 5.41) is 32.2. The van der Waals surface area contributed by atoms with E-state index in [0.29, 0.717) is 28.3 Å². The molecule has 0 radical (unpaired) electrons. The number of aliphatic carboxylic acids is 1. The molecular weight excluding hydrogens is 682 g/mol. The van der Waals surface area contributed by atoms with Gasteiger partial charge < -0.3 is 25.9 Å². The first kappa shape index (κ1) is 40.1. The van der Waals surface area contributed by atoms with E-state index < -0.39 is 27.4 Å². The molecular formula is C33H26N8Na2O6S. The Balaban J connectivity index is 0.00000338. The van der Waals surface area contributed by atoms with Crippen LogP contribution in [0.3, 0.4) is 0 Å². The summed E-state index contributed by atoms with van der Waals surface area (Å²) < 4.78 is 33.4. The smallest absolute Gasteiger partial charge is 0.744 e. The molecule has 0 atom stereocenters. The van der Waals surface area contributed by atoms with Crippen LogP contribution in [-0.2, 0) is 19.7 Å². The Hall–Kier alpha value is -4.32. The molecule has 242 valence electrons. The predicted molar refractivity (Wildman–Crippen MR) is 178 cm³/mol. The van der Waals surface area contributed by atoms with Crippen molar-refractivity contribution >= 4 is 67.4 Å². The second kappa shape index (κ2) is 17.1. The summed E-state index contributed by atoms with van der Waals surface area (Å²) >= 11 is 0. The summed E-state index contributed by atoms with van der Waals surface area (Å²) in [6.45, 7) is 3.26. The van der Waals surface area contributed by atoms with Crippen molar-refractivity contribution in [2.45, 2.75) is 18.7 Å². The number of nitrogens with two attached hydrogens (primary N) is 2. The van der Waals surface area contributed by atoms with Crippen LogP contribution in [0.25, 0.3) is 11.1 Å². The SMILES string of the molecule is CC1=CC(=NNc2ccc(-c3ccc(N=Nc4c(N)c(C)cc(N=Nc5ccc(S(=O)(=O)[O-])cc5)c4N)cc3)cc2)C=C(C(=O)[O-])C1=O.[Na+].[Na+].